The number of nitrogens with two attached hydrogens (primary N) is 1. The molecular weight excluding hydrogens is 458 g/mol. The van der Waals surface area contributed by atoms with E-state index in [0.29, 0.717) is 36.9 Å². The minimum Gasteiger partial charge on any atom is -0.468 e. The number of rotatable bonds is 11. The van der Waals surface area contributed by atoms with Crippen LogP contribution in [0.3, 0.4) is 0 Å². The summed E-state index contributed by atoms with van der Waals surface area (Å²) in [6.07, 6.45) is 8.82. The fraction of sp³-hybridized carbons (Fsp3) is 0.462. The number of pyridine rings is 1. The summed E-state index contributed by atoms with van der Waals surface area (Å²) in [7, 11) is 3.16. The van der Waals surface area contributed by atoms with Gasteiger partial charge in [0.1, 0.15) is 6.61 Å². The summed E-state index contributed by atoms with van der Waals surface area (Å²) in [6, 6.07) is 4.63. The van der Waals surface area contributed by atoms with E-state index in [1.54, 1.807) is 14.2 Å². The van der Waals surface area contributed by atoms with E-state index in [0.717, 1.165) is 23.4 Å². The Labute approximate surface area is 211 Å². The lowest BCUT2D eigenvalue weighted by molar-refractivity contribution is 0.141. The average Bonchev–Trinajstić information content (AvgIpc) is 3.51. The topological polar surface area (TPSA) is 113 Å². The molecule has 10 nitrogen and oxygen atoms in total. The summed E-state index contributed by atoms with van der Waals surface area (Å²) >= 11 is 0. The van der Waals surface area contributed by atoms with Crippen molar-refractivity contribution in [3.8, 4) is 12.0 Å². The first-order chi connectivity index (χ1) is 17.5. The van der Waals surface area contributed by atoms with E-state index in [4.69, 9.17) is 19.9 Å². The van der Waals surface area contributed by atoms with Gasteiger partial charge in [0.25, 0.3) is 6.01 Å². The molecule has 0 aromatic carbocycles. The molecule has 1 fully saturated rings. The van der Waals surface area contributed by atoms with Crippen molar-refractivity contribution in [1.82, 2.24) is 29.4 Å². The maximum absolute atomic E-state index is 6.12. The van der Waals surface area contributed by atoms with E-state index >= 15 is 0 Å². The number of imidazole rings is 1. The van der Waals surface area contributed by atoms with Gasteiger partial charge in [0.2, 0.25) is 0 Å². The minimum absolute atomic E-state index is 0.170. The molecule has 0 saturated carbocycles. The molecule has 192 valence electrons. The Morgan fingerprint density at radius 3 is 2.56 bits per heavy atom. The third kappa shape index (κ3) is 6.19. The van der Waals surface area contributed by atoms with Crippen molar-refractivity contribution in [2.75, 3.05) is 52.8 Å². The number of anilines is 1. The lowest BCUT2D eigenvalue weighted by Gasteiger charge is -2.14. The number of nitrogen functional groups attached to an aromatic ring is 1. The number of fused-ring (bicyclic) bond motifs is 1. The molecule has 0 atom stereocenters. The van der Waals surface area contributed by atoms with Gasteiger partial charge in [-0.25, -0.2) is 0 Å². The van der Waals surface area contributed by atoms with Crippen molar-refractivity contribution >= 4 is 22.6 Å². The summed E-state index contributed by atoms with van der Waals surface area (Å²) in [6.45, 7) is 8.90. The SMILES string of the molecule is COCCOc1nc(N)c2nc(OC)n(Cc3ccc(/C(C)=C/C=C(\C)CN4CCCC4)nc3)c2n1. The van der Waals surface area contributed by atoms with Crippen LogP contribution in [0.15, 0.2) is 36.1 Å². The molecule has 0 radical (unpaired) electrons. The molecule has 36 heavy (non-hydrogen) atoms. The largest absolute Gasteiger partial charge is 0.468 e. The molecule has 4 rings (SSSR count). The van der Waals surface area contributed by atoms with Crippen molar-refractivity contribution in [2.45, 2.75) is 33.2 Å². The van der Waals surface area contributed by atoms with Gasteiger partial charge in [0.15, 0.2) is 17.0 Å². The van der Waals surface area contributed by atoms with Crippen LogP contribution in [-0.4, -0.2) is 76.5 Å². The molecule has 3 aromatic heterocycles. The Balaban J connectivity index is 1.50. The van der Waals surface area contributed by atoms with E-state index in [1.165, 1.54) is 31.5 Å². The number of nitrogens with zero attached hydrogens (tertiary/aromatic N) is 6. The highest BCUT2D eigenvalue weighted by Crippen LogP contribution is 2.26. The maximum Gasteiger partial charge on any atom is 0.320 e. The van der Waals surface area contributed by atoms with Crippen LogP contribution in [0.5, 0.6) is 12.0 Å². The normalized spacial score (nSPS) is 15.1. The highest BCUT2D eigenvalue weighted by atomic mass is 16.5. The van der Waals surface area contributed by atoms with Gasteiger partial charge in [0, 0.05) is 19.9 Å². The molecule has 0 spiro atoms. The zero-order valence-corrected chi connectivity index (χ0v) is 21.5. The monoisotopic (exact) mass is 493 g/mol. The number of ether oxygens (including phenoxy) is 3. The van der Waals surface area contributed by atoms with Crippen LogP contribution in [0, 0.1) is 0 Å². The minimum atomic E-state index is 0.170. The molecule has 1 saturated heterocycles. The molecule has 0 unspecified atom stereocenters. The standard InChI is InChI=1S/C26H35N7O3/c1-18(16-32-11-5-6-12-32)7-8-19(2)21-10-9-20(15-28-21)17-33-24-22(29-26(33)35-4)23(27)30-25(31-24)36-14-13-34-3/h7-10,15H,5-6,11-14,16-17H2,1-4H3,(H2,27,30,31)/b18-7+,19-8+. The molecule has 10 heteroatoms. The van der Waals surface area contributed by atoms with E-state index in [1.807, 2.05) is 22.9 Å². The van der Waals surface area contributed by atoms with Crippen LogP contribution in [-0.2, 0) is 11.3 Å². The Morgan fingerprint density at radius 2 is 1.86 bits per heavy atom. The van der Waals surface area contributed by atoms with Crippen molar-refractivity contribution in [3.05, 3.63) is 47.3 Å². The first kappa shape index (κ1) is 25.6. The summed E-state index contributed by atoms with van der Waals surface area (Å²) in [5.74, 6) is 0.229. The van der Waals surface area contributed by atoms with E-state index in [2.05, 4.69) is 50.8 Å². The zero-order valence-electron chi connectivity index (χ0n) is 21.5. The predicted molar refractivity (Wildman–Crippen MR) is 140 cm³/mol. The third-order valence-electron chi connectivity index (χ3n) is 6.13. The van der Waals surface area contributed by atoms with Gasteiger partial charge in [-0.3, -0.25) is 14.5 Å². The second-order valence-electron chi connectivity index (χ2n) is 8.99. The smallest absolute Gasteiger partial charge is 0.320 e. The lowest BCUT2D eigenvalue weighted by atomic mass is 10.1. The summed E-state index contributed by atoms with van der Waals surface area (Å²) < 4.78 is 17.9. The van der Waals surface area contributed by atoms with Crippen molar-refractivity contribution in [3.63, 3.8) is 0 Å². The first-order valence-electron chi connectivity index (χ1n) is 12.2. The molecule has 0 aliphatic carbocycles. The van der Waals surface area contributed by atoms with Crippen LogP contribution in [0.25, 0.3) is 16.7 Å². The Bertz CT molecular complexity index is 1230. The van der Waals surface area contributed by atoms with Crippen molar-refractivity contribution in [1.29, 1.82) is 0 Å². The van der Waals surface area contributed by atoms with Crippen LogP contribution in [0.4, 0.5) is 5.82 Å². The summed E-state index contributed by atoms with van der Waals surface area (Å²) in [4.78, 5) is 20.3. The van der Waals surface area contributed by atoms with Crippen LogP contribution in [0.2, 0.25) is 0 Å². The molecule has 4 heterocycles. The molecule has 2 N–H and O–H groups in total. The van der Waals surface area contributed by atoms with Gasteiger partial charge < -0.3 is 19.9 Å². The zero-order chi connectivity index (χ0) is 25.5. The quantitative estimate of drug-likeness (QED) is 0.317. The third-order valence-corrected chi connectivity index (χ3v) is 6.13. The fourth-order valence-corrected chi connectivity index (χ4v) is 4.19. The molecule has 3 aromatic rings. The van der Waals surface area contributed by atoms with Gasteiger partial charge >= 0.3 is 6.01 Å². The Morgan fingerprint density at radius 1 is 1.06 bits per heavy atom. The Hall–Kier alpha value is -3.50. The van der Waals surface area contributed by atoms with Gasteiger partial charge in [-0.2, -0.15) is 15.0 Å². The van der Waals surface area contributed by atoms with Crippen LogP contribution >= 0.6 is 0 Å². The Kier molecular flexibility index (Phi) is 8.50. The second-order valence-corrected chi connectivity index (χ2v) is 8.99. The number of allylic oxidation sites excluding steroid dienone is 3. The van der Waals surface area contributed by atoms with Crippen LogP contribution < -0.4 is 15.2 Å². The molecule has 0 amide bonds. The van der Waals surface area contributed by atoms with Gasteiger partial charge in [-0.15, -0.1) is 0 Å². The first-order valence-corrected chi connectivity index (χ1v) is 12.2. The van der Waals surface area contributed by atoms with Gasteiger partial charge in [-0.1, -0.05) is 23.8 Å². The second kappa shape index (κ2) is 12.0. The molecule has 1 aliphatic rings. The number of methoxy groups -OCH3 is 2. The molecule has 0 bridgehead atoms. The average molecular weight is 494 g/mol. The van der Waals surface area contributed by atoms with E-state index in [-0.39, 0.29) is 11.8 Å². The highest BCUT2D eigenvalue weighted by molar-refractivity contribution is 5.83. The predicted octanol–water partition coefficient (Wildman–Crippen LogP) is 3.33. The summed E-state index contributed by atoms with van der Waals surface area (Å²) in [5, 5.41) is 0. The number of likely N-dealkylation sites (tertiary alicyclic amines) is 1. The van der Waals surface area contributed by atoms with Crippen LogP contribution in [0.1, 0.15) is 37.9 Å². The molecular formula is C26H35N7O3. The maximum atomic E-state index is 6.12. The summed E-state index contributed by atoms with van der Waals surface area (Å²) in [5.41, 5.74) is 11.5. The van der Waals surface area contributed by atoms with Gasteiger partial charge in [-0.05, 0) is 57.0 Å². The van der Waals surface area contributed by atoms with E-state index in [9.17, 15) is 0 Å². The number of hydrogen-bond acceptors (Lipinski definition) is 9. The fourth-order valence-electron chi connectivity index (χ4n) is 4.19. The molecule has 1 aliphatic heterocycles. The highest BCUT2D eigenvalue weighted by Gasteiger charge is 2.18. The van der Waals surface area contributed by atoms with Crippen molar-refractivity contribution in [2.24, 2.45) is 0 Å². The van der Waals surface area contributed by atoms with Gasteiger partial charge in [0.05, 0.1) is 26.0 Å². The van der Waals surface area contributed by atoms with E-state index < -0.39 is 0 Å². The van der Waals surface area contributed by atoms with Crippen molar-refractivity contribution < 1.29 is 14.2 Å². The number of hydrogen-bond donors (Lipinski definition) is 1. The lowest BCUT2D eigenvalue weighted by Crippen LogP contribution is -2.20. The number of aromatic nitrogens is 5.